The summed E-state index contributed by atoms with van der Waals surface area (Å²) < 4.78 is 15.8. The molecule has 2 aromatic rings. The van der Waals surface area contributed by atoms with Crippen molar-refractivity contribution in [1.29, 1.82) is 0 Å². The second kappa shape index (κ2) is 6.99. The van der Waals surface area contributed by atoms with Gasteiger partial charge in [-0.25, -0.2) is 0 Å². The van der Waals surface area contributed by atoms with Gasteiger partial charge in [0, 0.05) is 4.88 Å². The number of rotatable bonds is 6. The van der Waals surface area contributed by atoms with E-state index >= 15 is 0 Å². The molecule has 112 valence electrons. The van der Waals surface area contributed by atoms with Crippen LogP contribution in [0.25, 0.3) is 0 Å². The molecule has 0 atom stereocenters. The molecule has 1 aromatic heterocycles. The van der Waals surface area contributed by atoms with Crippen molar-refractivity contribution in [3.05, 3.63) is 40.1 Å². The molecule has 2 rings (SSSR count). The van der Waals surface area contributed by atoms with Gasteiger partial charge in [0.15, 0.2) is 11.5 Å². The molecule has 0 saturated heterocycles. The summed E-state index contributed by atoms with van der Waals surface area (Å²) in [5.74, 6) is 1.06. The van der Waals surface area contributed by atoms with Gasteiger partial charge in [-0.05, 0) is 23.6 Å². The average Bonchev–Trinajstić information content (AvgIpc) is 3.04. The fourth-order valence-electron chi connectivity index (χ4n) is 1.96. The number of methoxy groups -OCH3 is 3. The van der Waals surface area contributed by atoms with Crippen LogP contribution < -0.4 is 19.5 Å². The van der Waals surface area contributed by atoms with Gasteiger partial charge in [0.1, 0.15) is 0 Å². The van der Waals surface area contributed by atoms with Gasteiger partial charge in [0.05, 0.1) is 33.4 Å². The molecule has 0 fully saturated rings. The largest absolute Gasteiger partial charge is 0.493 e. The van der Waals surface area contributed by atoms with Gasteiger partial charge in [-0.15, -0.1) is 11.3 Å². The maximum absolute atomic E-state index is 12.3. The van der Waals surface area contributed by atoms with E-state index in [9.17, 15) is 4.79 Å². The van der Waals surface area contributed by atoms with E-state index in [1.165, 1.54) is 21.3 Å². The van der Waals surface area contributed by atoms with Crippen molar-refractivity contribution in [3.8, 4) is 17.2 Å². The molecule has 0 spiro atoms. The van der Waals surface area contributed by atoms with Crippen LogP contribution in [0.2, 0.25) is 0 Å². The number of carbonyl (C=O) groups is 1. The summed E-state index contributed by atoms with van der Waals surface area (Å²) in [6.45, 7) is 0.480. The molecule has 21 heavy (non-hydrogen) atoms. The lowest BCUT2D eigenvalue weighted by Crippen LogP contribution is -2.23. The highest BCUT2D eigenvalue weighted by atomic mass is 32.1. The highest BCUT2D eigenvalue weighted by molar-refractivity contribution is 7.09. The molecular weight excluding hydrogens is 290 g/mol. The van der Waals surface area contributed by atoms with E-state index in [-0.39, 0.29) is 5.91 Å². The zero-order valence-corrected chi connectivity index (χ0v) is 13.0. The lowest BCUT2D eigenvalue weighted by atomic mass is 10.1. The molecule has 1 heterocycles. The van der Waals surface area contributed by atoms with Gasteiger partial charge in [-0.3, -0.25) is 4.79 Å². The maximum Gasteiger partial charge on any atom is 0.255 e. The SMILES string of the molecule is COc1ccc(C(=O)NCc2cccs2)c(OC)c1OC. The molecule has 1 amide bonds. The molecule has 6 heteroatoms. The number of ether oxygens (including phenoxy) is 3. The molecule has 5 nitrogen and oxygen atoms in total. The van der Waals surface area contributed by atoms with Crippen LogP contribution >= 0.6 is 11.3 Å². The van der Waals surface area contributed by atoms with Crippen LogP contribution in [0, 0.1) is 0 Å². The molecule has 1 N–H and O–H groups in total. The molecule has 0 saturated carbocycles. The molecular formula is C15H17NO4S. The molecule has 0 aliphatic carbocycles. The fourth-order valence-corrected chi connectivity index (χ4v) is 2.60. The minimum Gasteiger partial charge on any atom is -0.493 e. The normalized spacial score (nSPS) is 10.0. The molecule has 0 aliphatic rings. The van der Waals surface area contributed by atoms with Gasteiger partial charge < -0.3 is 19.5 Å². The summed E-state index contributed by atoms with van der Waals surface area (Å²) in [6, 6.07) is 7.26. The van der Waals surface area contributed by atoms with Gasteiger partial charge in [0.25, 0.3) is 5.91 Å². The molecule has 1 aromatic carbocycles. The Labute approximate surface area is 127 Å². The highest BCUT2D eigenvalue weighted by Gasteiger charge is 2.20. The number of nitrogens with one attached hydrogen (secondary N) is 1. The van der Waals surface area contributed by atoms with E-state index in [2.05, 4.69) is 5.32 Å². The van der Waals surface area contributed by atoms with Gasteiger partial charge >= 0.3 is 0 Å². The molecule has 0 aliphatic heterocycles. The van der Waals surface area contributed by atoms with E-state index in [0.717, 1.165) is 4.88 Å². The highest BCUT2D eigenvalue weighted by Crippen LogP contribution is 2.39. The number of thiophene rings is 1. The average molecular weight is 307 g/mol. The third-order valence-corrected chi connectivity index (χ3v) is 3.83. The van der Waals surface area contributed by atoms with Crippen molar-refractivity contribution >= 4 is 17.2 Å². The first-order valence-corrected chi connectivity index (χ1v) is 7.18. The van der Waals surface area contributed by atoms with Crippen molar-refractivity contribution in [1.82, 2.24) is 5.32 Å². The van der Waals surface area contributed by atoms with E-state index in [1.54, 1.807) is 23.5 Å². The summed E-state index contributed by atoms with van der Waals surface area (Å²) in [4.78, 5) is 13.4. The van der Waals surface area contributed by atoms with Crippen molar-refractivity contribution in [2.75, 3.05) is 21.3 Å². The van der Waals surface area contributed by atoms with Crippen molar-refractivity contribution < 1.29 is 19.0 Å². The van der Waals surface area contributed by atoms with Crippen LogP contribution in [0.5, 0.6) is 17.2 Å². The van der Waals surface area contributed by atoms with Gasteiger partial charge in [0.2, 0.25) is 5.75 Å². The molecule has 0 radical (unpaired) electrons. The Morgan fingerprint density at radius 3 is 2.43 bits per heavy atom. The number of carbonyl (C=O) groups excluding carboxylic acids is 1. The summed E-state index contributed by atoms with van der Waals surface area (Å²) in [5.41, 5.74) is 0.409. The van der Waals surface area contributed by atoms with Crippen molar-refractivity contribution in [2.24, 2.45) is 0 Å². The van der Waals surface area contributed by atoms with Crippen molar-refractivity contribution in [2.45, 2.75) is 6.54 Å². The first-order valence-electron chi connectivity index (χ1n) is 6.30. The summed E-state index contributed by atoms with van der Waals surface area (Å²) in [6.07, 6.45) is 0. The van der Waals surface area contributed by atoms with E-state index in [0.29, 0.717) is 29.4 Å². The second-order valence-electron chi connectivity index (χ2n) is 4.14. The zero-order valence-electron chi connectivity index (χ0n) is 12.1. The topological polar surface area (TPSA) is 56.8 Å². The lowest BCUT2D eigenvalue weighted by molar-refractivity contribution is 0.0947. The third-order valence-electron chi connectivity index (χ3n) is 2.95. The van der Waals surface area contributed by atoms with E-state index in [4.69, 9.17) is 14.2 Å². The Balaban J connectivity index is 2.23. The predicted octanol–water partition coefficient (Wildman–Crippen LogP) is 2.70. The molecule has 0 unspecified atom stereocenters. The van der Waals surface area contributed by atoms with Crippen LogP contribution in [-0.2, 0) is 6.54 Å². The second-order valence-corrected chi connectivity index (χ2v) is 5.18. The minimum atomic E-state index is -0.221. The maximum atomic E-state index is 12.3. The Bertz CT molecular complexity index is 610. The third kappa shape index (κ3) is 3.28. The Hall–Kier alpha value is -2.21. The van der Waals surface area contributed by atoms with E-state index in [1.807, 2.05) is 17.5 Å². The smallest absolute Gasteiger partial charge is 0.255 e. The van der Waals surface area contributed by atoms with Crippen LogP contribution in [0.3, 0.4) is 0 Å². The fraction of sp³-hybridized carbons (Fsp3) is 0.267. The van der Waals surface area contributed by atoms with Gasteiger partial charge in [-0.1, -0.05) is 6.07 Å². The van der Waals surface area contributed by atoms with Crippen LogP contribution in [0.4, 0.5) is 0 Å². The summed E-state index contributed by atoms with van der Waals surface area (Å²) in [7, 11) is 4.54. The predicted molar refractivity (Wildman–Crippen MR) is 81.6 cm³/mol. The van der Waals surface area contributed by atoms with Crippen LogP contribution in [0.1, 0.15) is 15.2 Å². The van der Waals surface area contributed by atoms with Crippen molar-refractivity contribution in [3.63, 3.8) is 0 Å². The monoisotopic (exact) mass is 307 g/mol. The first kappa shape index (κ1) is 15.2. The quantitative estimate of drug-likeness (QED) is 0.891. The summed E-state index contributed by atoms with van der Waals surface area (Å²) >= 11 is 1.59. The van der Waals surface area contributed by atoms with Crippen LogP contribution in [0.15, 0.2) is 29.6 Å². The minimum absolute atomic E-state index is 0.221. The first-order chi connectivity index (χ1) is 10.2. The van der Waals surface area contributed by atoms with E-state index < -0.39 is 0 Å². The number of hydrogen-bond acceptors (Lipinski definition) is 5. The standard InChI is InChI=1S/C15H17NO4S/c1-18-12-7-6-11(13(19-2)14(12)20-3)15(17)16-9-10-5-4-8-21-10/h4-8H,9H2,1-3H3,(H,16,17). The summed E-state index contributed by atoms with van der Waals surface area (Å²) in [5, 5.41) is 4.83. The van der Waals surface area contributed by atoms with Crippen LogP contribution in [-0.4, -0.2) is 27.2 Å². The Kier molecular flexibility index (Phi) is 5.05. The number of hydrogen-bond donors (Lipinski definition) is 1. The number of benzene rings is 1. The zero-order chi connectivity index (χ0) is 15.2. The Morgan fingerprint density at radius 2 is 1.86 bits per heavy atom. The Morgan fingerprint density at radius 1 is 1.10 bits per heavy atom. The lowest BCUT2D eigenvalue weighted by Gasteiger charge is -2.15. The van der Waals surface area contributed by atoms with Gasteiger partial charge in [-0.2, -0.15) is 0 Å². The molecule has 0 bridgehead atoms. The number of amides is 1.